The van der Waals surface area contributed by atoms with Gasteiger partial charge in [-0.2, -0.15) is 0 Å². The number of likely N-dealkylation sites (N-methyl/N-ethyl adjacent to an activating group) is 1. The molecule has 0 bridgehead atoms. The van der Waals surface area contributed by atoms with E-state index in [0.717, 1.165) is 19.0 Å². The molecule has 16 heavy (non-hydrogen) atoms. The molecule has 1 heterocycles. The molecule has 1 saturated carbocycles. The number of hydrogen-bond acceptors (Lipinski definition) is 3. The third-order valence-electron chi connectivity index (χ3n) is 4.66. The monoisotopic (exact) mass is 223 g/mol. The molecule has 3 nitrogen and oxygen atoms in total. The number of aliphatic imine (C=N–C) groups is 1. The van der Waals surface area contributed by atoms with E-state index in [2.05, 4.69) is 37.6 Å². The topological polar surface area (TPSA) is 41.6 Å². The second-order valence-electron chi connectivity index (χ2n) is 6.29. The van der Waals surface area contributed by atoms with Gasteiger partial charge in [0.15, 0.2) is 5.96 Å². The van der Waals surface area contributed by atoms with Gasteiger partial charge in [-0.3, -0.25) is 4.99 Å². The third kappa shape index (κ3) is 1.61. The zero-order valence-electron chi connectivity index (χ0n) is 11.1. The second-order valence-corrected chi connectivity index (χ2v) is 6.29. The molecule has 0 aromatic heterocycles. The zero-order chi connectivity index (χ0) is 12.0. The first kappa shape index (κ1) is 11.7. The van der Waals surface area contributed by atoms with E-state index in [1.165, 1.54) is 19.3 Å². The van der Waals surface area contributed by atoms with Gasteiger partial charge in [-0.1, -0.05) is 20.8 Å². The molecule has 2 rings (SSSR count). The Morgan fingerprint density at radius 1 is 1.44 bits per heavy atom. The fourth-order valence-corrected chi connectivity index (χ4v) is 3.65. The molecular weight excluding hydrogens is 198 g/mol. The van der Waals surface area contributed by atoms with E-state index in [9.17, 15) is 0 Å². The standard InChI is InChI=1S/C13H25N3/c1-5-16-11(14)15-9-13(16)7-6-12(3,4)8-10(13)2/h10H,5-9H2,1-4H3,(H2,14,15). The molecule has 2 unspecified atom stereocenters. The lowest BCUT2D eigenvalue weighted by molar-refractivity contribution is 0.0307. The van der Waals surface area contributed by atoms with Crippen molar-refractivity contribution in [2.75, 3.05) is 13.1 Å². The minimum Gasteiger partial charge on any atom is -0.370 e. The van der Waals surface area contributed by atoms with Crippen molar-refractivity contribution in [1.82, 2.24) is 4.90 Å². The van der Waals surface area contributed by atoms with E-state index in [1.54, 1.807) is 0 Å². The Kier molecular flexibility index (Phi) is 2.67. The first-order valence-electron chi connectivity index (χ1n) is 6.49. The maximum atomic E-state index is 6.00. The normalized spacial score (nSPS) is 37.9. The van der Waals surface area contributed by atoms with Crippen LogP contribution in [0.1, 0.15) is 47.0 Å². The van der Waals surface area contributed by atoms with E-state index in [4.69, 9.17) is 5.73 Å². The van der Waals surface area contributed by atoms with Gasteiger partial charge >= 0.3 is 0 Å². The Morgan fingerprint density at radius 2 is 2.12 bits per heavy atom. The summed E-state index contributed by atoms with van der Waals surface area (Å²) in [4.78, 5) is 6.82. The predicted molar refractivity (Wildman–Crippen MR) is 68.4 cm³/mol. The van der Waals surface area contributed by atoms with Crippen LogP contribution in [0.25, 0.3) is 0 Å². The smallest absolute Gasteiger partial charge is 0.191 e. The van der Waals surface area contributed by atoms with Crippen LogP contribution in [-0.2, 0) is 0 Å². The molecule has 2 aliphatic rings. The third-order valence-corrected chi connectivity index (χ3v) is 4.66. The van der Waals surface area contributed by atoms with Crippen LogP contribution in [0.15, 0.2) is 4.99 Å². The van der Waals surface area contributed by atoms with Gasteiger partial charge in [0.25, 0.3) is 0 Å². The summed E-state index contributed by atoms with van der Waals surface area (Å²) in [5.41, 5.74) is 6.72. The largest absolute Gasteiger partial charge is 0.370 e. The zero-order valence-corrected chi connectivity index (χ0v) is 11.1. The van der Waals surface area contributed by atoms with E-state index < -0.39 is 0 Å². The SMILES string of the molecule is CCN1C(N)=NCC12CCC(C)(C)CC2C. The van der Waals surface area contributed by atoms with Crippen LogP contribution in [-0.4, -0.2) is 29.5 Å². The van der Waals surface area contributed by atoms with Crippen molar-refractivity contribution >= 4 is 5.96 Å². The van der Waals surface area contributed by atoms with Crippen molar-refractivity contribution in [2.45, 2.75) is 52.5 Å². The molecule has 3 heteroatoms. The minimum absolute atomic E-state index is 0.231. The summed E-state index contributed by atoms with van der Waals surface area (Å²) in [7, 11) is 0. The molecule has 2 N–H and O–H groups in total. The maximum Gasteiger partial charge on any atom is 0.191 e. The van der Waals surface area contributed by atoms with Crippen molar-refractivity contribution in [3.8, 4) is 0 Å². The Hall–Kier alpha value is -0.730. The average molecular weight is 223 g/mol. The number of rotatable bonds is 1. The van der Waals surface area contributed by atoms with E-state index in [1.807, 2.05) is 0 Å². The molecule has 0 amide bonds. The van der Waals surface area contributed by atoms with Crippen LogP contribution in [0.5, 0.6) is 0 Å². The predicted octanol–water partition coefficient (Wildman–Crippen LogP) is 2.22. The lowest BCUT2D eigenvalue weighted by Crippen LogP contribution is -2.58. The highest BCUT2D eigenvalue weighted by atomic mass is 15.4. The number of nitrogens with two attached hydrogens (primary N) is 1. The van der Waals surface area contributed by atoms with Gasteiger partial charge in [0.1, 0.15) is 0 Å². The summed E-state index contributed by atoms with van der Waals surface area (Å²) < 4.78 is 0. The lowest BCUT2D eigenvalue weighted by Gasteiger charge is -2.50. The van der Waals surface area contributed by atoms with E-state index in [-0.39, 0.29) is 5.54 Å². The fraction of sp³-hybridized carbons (Fsp3) is 0.923. The maximum absolute atomic E-state index is 6.00. The van der Waals surface area contributed by atoms with Crippen molar-refractivity contribution < 1.29 is 0 Å². The summed E-state index contributed by atoms with van der Waals surface area (Å²) in [5.74, 6) is 1.44. The molecular formula is C13H25N3. The highest BCUT2D eigenvalue weighted by Crippen LogP contribution is 2.48. The number of nitrogens with zero attached hydrogens (tertiary/aromatic N) is 2. The summed E-state index contributed by atoms with van der Waals surface area (Å²) in [5, 5.41) is 0. The fourth-order valence-electron chi connectivity index (χ4n) is 3.65. The Balaban J connectivity index is 2.21. The molecule has 92 valence electrons. The van der Waals surface area contributed by atoms with Crippen LogP contribution in [0.3, 0.4) is 0 Å². The molecule has 1 spiro atoms. The molecule has 0 radical (unpaired) electrons. The van der Waals surface area contributed by atoms with Gasteiger partial charge in [0, 0.05) is 6.54 Å². The summed E-state index contributed by atoms with van der Waals surface area (Å²) in [6, 6.07) is 0. The minimum atomic E-state index is 0.231. The summed E-state index contributed by atoms with van der Waals surface area (Å²) in [6.07, 6.45) is 3.81. The van der Waals surface area contributed by atoms with Gasteiger partial charge in [0.05, 0.1) is 12.1 Å². The van der Waals surface area contributed by atoms with Crippen LogP contribution < -0.4 is 5.73 Å². The quantitative estimate of drug-likeness (QED) is 0.740. The number of hydrogen-bond donors (Lipinski definition) is 1. The Labute approximate surface area is 99.1 Å². The first-order valence-corrected chi connectivity index (χ1v) is 6.49. The molecule has 1 aliphatic carbocycles. The highest BCUT2D eigenvalue weighted by molar-refractivity contribution is 5.81. The van der Waals surface area contributed by atoms with Gasteiger partial charge < -0.3 is 10.6 Å². The van der Waals surface area contributed by atoms with Crippen LogP contribution in [0.4, 0.5) is 0 Å². The van der Waals surface area contributed by atoms with Crippen molar-refractivity contribution in [2.24, 2.45) is 22.1 Å². The van der Waals surface area contributed by atoms with Crippen LogP contribution in [0.2, 0.25) is 0 Å². The summed E-state index contributed by atoms with van der Waals surface area (Å²) in [6.45, 7) is 11.2. The second kappa shape index (κ2) is 3.64. The number of guanidine groups is 1. The van der Waals surface area contributed by atoms with Crippen LogP contribution >= 0.6 is 0 Å². The van der Waals surface area contributed by atoms with Crippen molar-refractivity contribution in [1.29, 1.82) is 0 Å². The molecule has 2 atom stereocenters. The van der Waals surface area contributed by atoms with E-state index >= 15 is 0 Å². The molecule has 0 aromatic rings. The molecule has 0 saturated heterocycles. The highest BCUT2D eigenvalue weighted by Gasteiger charge is 2.50. The van der Waals surface area contributed by atoms with Gasteiger partial charge in [-0.25, -0.2) is 0 Å². The molecule has 0 aromatic carbocycles. The first-order chi connectivity index (χ1) is 7.41. The average Bonchev–Trinajstić information content (AvgIpc) is 2.51. The van der Waals surface area contributed by atoms with Crippen molar-refractivity contribution in [3.63, 3.8) is 0 Å². The molecule has 1 aliphatic heterocycles. The summed E-state index contributed by atoms with van der Waals surface area (Å²) >= 11 is 0. The lowest BCUT2D eigenvalue weighted by atomic mass is 9.63. The van der Waals surface area contributed by atoms with Crippen molar-refractivity contribution in [3.05, 3.63) is 0 Å². The van der Waals surface area contributed by atoms with Gasteiger partial charge in [-0.05, 0) is 37.5 Å². The van der Waals surface area contributed by atoms with Gasteiger partial charge in [-0.15, -0.1) is 0 Å². The molecule has 1 fully saturated rings. The van der Waals surface area contributed by atoms with Crippen LogP contribution in [0, 0.1) is 11.3 Å². The van der Waals surface area contributed by atoms with E-state index in [0.29, 0.717) is 11.3 Å². The Bertz CT molecular complexity index is 308. The Morgan fingerprint density at radius 3 is 2.69 bits per heavy atom. The van der Waals surface area contributed by atoms with Gasteiger partial charge in [0.2, 0.25) is 0 Å².